The van der Waals surface area contributed by atoms with E-state index in [-0.39, 0.29) is 22.6 Å². The molecule has 3 aliphatic rings. The van der Waals surface area contributed by atoms with Gasteiger partial charge in [-0.25, -0.2) is 21.6 Å². The van der Waals surface area contributed by atoms with Crippen LogP contribution < -0.4 is 14.2 Å². The molecule has 5 rings (SSSR count). The van der Waals surface area contributed by atoms with Gasteiger partial charge in [-0.15, -0.1) is 0 Å². The van der Waals surface area contributed by atoms with Crippen LogP contribution in [-0.4, -0.2) is 65.1 Å². The first-order chi connectivity index (χ1) is 15.3. The van der Waals surface area contributed by atoms with Crippen molar-refractivity contribution in [2.24, 2.45) is 0 Å². The number of nitrogens with one attached hydrogen (secondary N) is 1. The molecule has 1 saturated carbocycles. The lowest BCUT2D eigenvalue weighted by molar-refractivity contribution is 0.173. The third-order valence-electron chi connectivity index (χ3n) is 5.85. The van der Waals surface area contributed by atoms with E-state index in [9.17, 15) is 16.8 Å². The van der Waals surface area contributed by atoms with Crippen molar-refractivity contribution in [3.8, 4) is 11.5 Å². The van der Waals surface area contributed by atoms with Gasteiger partial charge in [0, 0.05) is 38.8 Å². The molecule has 2 fully saturated rings. The van der Waals surface area contributed by atoms with E-state index in [1.54, 1.807) is 0 Å². The predicted molar refractivity (Wildman–Crippen MR) is 116 cm³/mol. The van der Waals surface area contributed by atoms with Crippen LogP contribution in [0.3, 0.4) is 0 Å². The Labute approximate surface area is 188 Å². The Kier molecular flexibility index (Phi) is 5.62. The molecule has 0 amide bonds. The van der Waals surface area contributed by atoms with E-state index in [0.29, 0.717) is 32.7 Å². The van der Waals surface area contributed by atoms with E-state index in [4.69, 9.17) is 9.47 Å². The number of nitrogens with zero attached hydrogens (tertiary/aromatic N) is 2. The summed E-state index contributed by atoms with van der Waals surface area (Å²) in [6.07, 6.45) is 1.68. The lowest BCUT2D eigenvalue weighted by Gasteiger charge is -2.34. The Balaban J connectivity index is 1.21. The minimum atomic E-state index is -3.68. The topological polar surface area (TPSA) is 105 Å². The molecule has 2 aromatic rings. The second-order valence-electron chi connectivity index (χ2n) is 8.23. The van der Waals surface area contributed by atoms with Crippen LogP contribution in [-0.2, 0) is 26.6 Å². The molecule has 2 heterocycles. The number of hydrogen-bond acceptors (Lipinski definition) is 7. The number of fused-ring (bicyclic) bond motifs is 1. The number of piperazine rings is 1. The Morgan fingerprint density at radius 2 is 1.50 bits per heavy atom. The molecule has 2 aliphatic heterocycles. The van der Waals surface area contributed by atoms with Crippen molar-refractivity contribution >= 4 is 20.0 Å². The van der Waals surface area contributed by atoms with Crippen molar-refractivity contribution in [3.05, 3.63) is 48.0 Å². The number of benzene rings is 2. The summed E-state index contributed by atoms with van der Waals surface area (Å²) < 4.78 is 65.5. The maximum atomic E-state index is 13.0. The van der Waals surface area contributed by atoms with Crippen LogP contribution in [0.25, 0.3) is 0 Å². The third kappa shape index (κ3) is 4.48. The molecular formula is C21H25N3O6S2. The van der Waals surface area contributed by atoms with Gasteiger partial charge in [0.25, 0.3) is 0 Å². The summed E-state index contributed by atoms with van der Waals surface area (Å²) in [6.45, 7) is 2.88. The van der Waals surface area contributed by atoms with Gasteiger partial charge in [0.1, 0.15) is 0 Å². The summed E-state index contributed by atoms with van der Waals surface area (Å²) in [6, 6.07) is 11.3. The zero-order valence-corrected chi connectivity index (χ0v) is 19.1. The van der Waals surface area contributed by atoms with Gasteiger partial charge in [0.15, 0.2) is 11.5 Å². The van der Waals surface area contributed by atoms with Crippen LogP contribution in [0.4, 0.5) is 0 Å². The number of ether oxygens (including phenoxy) is 2. The second-order valence-corrected chi connectivity index (χ2v) is 11.9. The van der Waals surface area contributed by atoms with E-state index < -0.39 is 20.0 Å². The van der Waals surface area contributed by atoms with E-state index >= 15 is 0 Å². The second kappa shape index (κ2) is 8.31. The molecule has 32 heavy (non-hydrogen) atoms. The number of hydrogen-bond donors (Lipinski definition) is 1. The van der Waals surface area contributed by atoms with Crippen LogP contribution in [0, 0.1) is 0 Å². The highest BCUT2D eigenvalue weighted by atomic mass is 32.2. The van der Waals surface area contributed by atoms with Crippen LogP contribution in [0.1, 0.15) is 18.4 Å². The Morgan fingerprint density at radius 1 is 0.844 bits per heavy atom. The molecule has 9 nitrogen and oxygen atoms in total. The smallest absolute Gasteiger partial charge is 0.243 e. The normalized spacial score (nSPS) is 19.9. The van der Waals surface area contributed by atoms with Crippen molar-refractivity contribution in [1.29, 1.82) is 0 Å². The van der Waals surface area contributed by atoms with E-state index in [2.05, 4.69) is 9.62 Å². The molecule has 0 aromatic heterocycles. The minimum Gasteiger partial charge on any atom is -0.454 e. The highest BCUT2D eigenvalue weighted by molar-refractivity contribution is 7.89. The highest BCUT2D eigenvalue weighted by Gasteiger charge is 2.30. The lowest BCUT2D eigenvalue weighted by atomic mass is 10.2. The maximum absolute atomic E-state index is 13.0. The third-order valence-corrected chi connectivity index (χ3v) is 9.29. The molecule has 0 spiro atoms. The zero-order valence-electron chi connectivity index (χ0n) is 17.4. The molecule has 2 aromatic carbocycles. The molecule has 1 saturated heterocycles. The average molecular weight is 480 g/mol. The monoisotopic (exact) mass is 479 g/mol. The molecule has 172 valence electrons. The van der Waals surface area contributed by atoms with Crippen LogP contribution >= 0.6 is 0 Å². The van der Waals surface area contributed by atoms with Gasteiger partial charge in [-0.3, -0.25) is 4.90 Å². The van der Waals surface area contributed by atoms with Crippen molar-refractivity contribution in [1.82, 2.24) is 13.9 Å². The summed E-state index contributed by atoms with van der Waals surface area (Å²) in [4.78, 5) is 2.38. The highest BCUT2D eigenvalue weighted by Crippen LogP contribution is 2.33. The van der Waals surface area contributed by atoms with Gasteiger partial charge >= 0.3 is 0 Å². The fraction of sp³-hybridized carbons (Fsp3) is 0.429. The van der Waals surface area contributed by atoms with E-state index in [1.807, 2.05) is 18.2 Å². The summed E-state index contributed by atoms with van der Waals surface area (Å²) in [7, 11) is -7.29. The fourth-order valence-electron chi connectivity index (χ4n) is 3.85. The molecule has 11 heteroatoms. The minimum absolute atomic E-state index is 0.00244. The SMILES string of the molecule is O=S(=O)(NC1CC1)c1ccc(S(=O)(=O)N2CCN(Cc3ccc4c(c3)OCO4)CC2)cc1. The van der Waals surface area contributed by atoms with Gasteiger partial charge in [-0.1, -0.05) is 6.07 Å². The molecule has 1 N–H and O–H groups in total. The Morgan fingerprint density at radius 3 is 2.19 bits per heavy atom. The van der Waals surface area contributed by atoms with Crippen molar-refractivity contribution < 1.29 is 26.3 Å². The first-order valence-electron chi connectivity index (χ1n) is 10.5. The van der Waals surface area contributed by atoms with Gasteiger partial charge < -0.3 is 9.47 Å². The predicted octanol–water partition coefficient (Wildman–Crippen LogP) is 1.36. The van der Waals surface area contributed by atoms with E-state index in [1.165, 1.54) is 28.6 Å². The van der Waals surface area contributed by atoms with Crippen molar-refractivity contribution in [3.63, 3.8) is 0 Å². The van der Waals surface area contributed by atoms with Crippen molar-refractivity contribution in [2.75, 3.05) is 33.0 Å². The molecule has 0 unspecified atom stereocenters. The number of rotatable bonds is 7. The first kappa shape index (κ1) is 21.7. The largest absolute Gasteiger partial charge is 0.454 e. The van der Waals surface area contributed by atoms with Crippen molar-refractivity contribution in [2.45, 2.75) is 35.2 Å². The molecule has 1 aliphatic carbocycles. The maximum Gasteiger partial charge on any atom is 0.243 e. The van der Waals surface area contributed by atoms with Gasteiger partial charge in [-0.05, 0) is 54.8 Å². The first-order valence-corrected chi connectivity index (χ1v) is 13.5. The average Bonchev–Trinajstić information content (AvgIpc) is 3.46. The Hall–Kier alpha value is -2.18. The summed E-state index contributed by atoms with van der Waals surface area (Å²) >= 11 is 0. The standard InChI is InChI=1S/C21H25N3O6S2/c25-31(26,22-17-2-3-17)18-4-6-19(7-5-18)32(27,28)24-11-9-23(10-12-24)14-16-1-8-20-21(13-16)30-15-29-20/h1,4-8,13,17,22H,2-3,9-12,14-15H2. The number of sulfonamides is 2. The molecule has 0 bridgehead atoms. The summed E-state index contributed by atoms with van der Waals surface area (Å²) in [5, 5.41) is 0. The zero-order chi connectivity index (χ0) is 22.3. The van der Waals surface area contributed by atoms with E-state index in [0.717, 1.165) is 29.9 Å². The van der Waals surface area contributed by atoms with Gasteiger partial charge in [0.2, 0.25) is 26.8 Å². The van der Waals surface area contributed by atoms with Crippen LogP contribution in [0.2, 0.25) is 0 Å². The summed E-state index contributed by atoms with van der Waals surface area (Å²) in [5.74, 6) is 1.48. The summed E-state index contributed by atoms with van der Waals surface area (Å²) in [5.41, 5.74) is 1.09. The molecule has 0 atom stereocenters. The van der Waals surface area contributed by atoms with Gasteiger partial charge in [-0.2, -0.15) is 4.31 Å². The quantitative estimate of drug-likeness (QED) is 0.639. The molecule has 0 radical (unpaired) electrons. The Bertz CT molecular complexity index is 1200. The fourth-order valence-corrected chi connectivity index (χ4v) is 6.58. The lowest BCUT2D eigenvalue weighted by Crippen LogP contribution is -2.48. The van der Waals surface area contributed by atoms with Gasteiger partial charge in [0.05, 0.1) is 9.79 Å². The van der Waals surface area contributed by atoms with Crippen LogP contribution in [0.5, 0.6) is 11.5 Å². The van der Waals surface area contributed by atoms with Crippen LogP contribution in [0.15, 0.2) is 52.3 Å². The molecular weight excluding hydrogens is 454 g/mol.